The van der Waals surface area contributed by atoms with Crippen LogP contribution in [0, 0.1) is 0 Å². The molecular weight excluding hydrogens is 264 g/mol. The summed E-state index contributed by atoms with van der Waals surface area (Å²) in [6, 6.07) is 0. The summed E-state index contributed by atoms with van der Waals surface area (Å²) < 4.78 is 7.13. The first-order valence-electron chi connectivity index (χ1n) is 6.10. The molecule has 3 heterocycles. The number of carbonyl (C=O) groups excluding carboxylic acids is 1. The molecule has 2 aromatic rings. The van der Waals surface area contributed by atoms with Crippen LogP contribution in [0.15, 0.2) is 12.7 Å². The number of fused-ring (bicyclic) bond motifs is 1. The molecule has 0 spiro atoms. The molecule has 20 heavy (non-hydrogen) atoms. The first-order chi connectivity index (χ1) is 9.61. The minimum atomic E-state index is -0.828. The van der Waals surface area contributed by atoms with Crippen LogP contribution < -0.4 is 11.1 Å². The third kappa shape index (κ3) is 1.87. The van der Waals surface area contributed by atoms with Crippen LogP contribution in [0.25, 0.3) is 11.2 Å². The fraction of sp³-hybridized carbons (Fsp3) is 0.455. The Bertz CT molecular complexity index is 657. The molecule has 4 N–H and O–H groups in total. The SMILES string of the molecule is CNC(=O)[C@@H]1C[C@@H](O)[C@H](n2cnc3c(N)ncnc32)O1. The number of likely N-dealkylation sites (N-methyl/N-ethyl adjacent to an activating group) is 1. The maximum atomic E-state index is 11.6. The quantitative estimate of drug-likeness (QED) is 0.629. The van der Waals surface area contributed by atoms with E-state index in [0.29, 0.717) is 11.2 Å². The van der Waals surface area contributed by atoms with Gasteiger partial charge in [-0.2, -0.15) is 0 Å². The van der Waals surface area contributed by atoms with Crippen molar-refractivity contribution in [3.05, 3.63) is 12.7 Å². The van der Waals surface area contributed by atoms with Gasteiger partial charge in [0, 0.05) is 13.5 Å². The monoisotopic (exact) mass is 278 g/mol. The van der Waals surface area contributed by atoms with Crippen LogP contribution in [0.3, 0.4) is 0 Å². The van der Waals surface area contributed by atoms with E-state index in [1.54, 1.807) is 4.57 Å². The van der Waals surface area contributed by atoms with Gasteiger partial charge in [0.15, 0.2) is 17.7 Å². The number of anilines is 1. The van der Waals surface area contributed by atoms with Gasteiger partial charge in [0.05, 0.1) is 6.33 Å². The summed E-state index contributed by atoms with van der Waals surface area (Å²) in [5.41, 5.74) is 6.60. The molecule has 106 valence electrons. The van der Waals surface area contributed by atoms with Gasteiger partial charge >= 0.3 is 0 Å². The van der Waals surface area contributed by atoms with Gasteiger partial charge in [-0.05, 0) is 0 Å². The van der Waals surface area contributed by atoms with Crippen LogP contribution in [-0.2, 0) is 9.53 Å². The zero-order chi connectivity index (χ0) is 14.3. The maximum Gasteiger partial charge on any atom is 0.249 e. The standard InChI is InChI=1S/C11H14N6O3/c1-13-10(19)6-2-5(18)11(20-6)17-4-16-7-8(12)14-3-15-9(7)17/h3-6,11,18H,2H2,1H3,(H,13,19)(H2,12,14,15)/t5-,6+,11-/m1/s1. The summed E-state index contributed by atoms with van der Waals surface area (Å²) in [5, 5.41) is 12.6. The fourth-order valence-corrected chi connectivity index (χ4v) is 2.29. The van der Waals surface area contributed by atoms with Crippen molar-refractivity contribution in [2.24, 2.45) is 0 Å². The van der Waals surface area contributed by atoms with Gasteiger partial charge in [0.1, 0.15) is 24.1 Å². The molecule has 0 radical (unpaired) electrons. The molecule has 3 rings (SSSR count). The summed E-state index contributed by atoms with van der Waals surface area (Å²) in [7, 11) is 1.52. The number of ether oxygens (including phenoxy) is 1. The number of amides is 1. The van der Waals surface area contributed by atoms with E-state index in [2.05, 4.69) is 20.3 Å². The van der Waals surface area contributed by atoms with E-state index >= 15 is 0 Å². The van der Waals surface area contributed by atoms with Gasteiger partial charge < -0.3 is 20.9 Å². The van der Waals surface area contributed by atoms with E-state index in [-0.39, 0.29) is 18.1 Å². The molecule has 9 nitrogen and oxygen atoms in total. The molecule has 1 saturated heterocycles. The highest BCUT2D eigenvalue weighted by Gasteiger charge is 2.39. The molecule has 9 heteroatoms. The van der Waals surface area contributed by atoms with Gasteiger partial charge in [0.25, 0.3) is 0 Å². The third-order valence-electron chi connectivity index (χ3n) is 3.29. The number of nitrogens with one attached hydrogen (secondary N) is 1. The second kappa shape index (κ2) is 4.69. The van der Waals surface area contributed by atoms with E-state index in [1.165, 1.54) is 19.7 Å². The number of carbonyl (C=O) groups is 1. The summed E-state index contributed by atoms with van der Waals surface area (Å²) in [6.07, 6.45) is 0.743. The molecule has 0 aliphatic carbocycles. The number of nitrogen functional groups attached to an aromatic ring is 1. The molecule has 1 aliphatic rings. The predicted octanol–water partition coefficient (Wildman–Crippen LogP) is -1.20. The average Bonchev–Trinajstić information content (AvgIpc) is 3.02. The molecule has 2 aromatic heterocycles. The van der Waals surface area contributed by atoms with E-state index < -0.39 is 18.4 Å². The van der Waals surface area contributed by atoms with Gasteiger partial charge in [-0.15, -0.1) is 0 Å². The van der Waals surface area contributed by atoms with Crippen molar-refractivity contribution in [2.75, 3.05) is 12.8 Å². The Hall–Kier alpha value is -2.26. The average molecular weight is 278 g/mol. The Morgan fingerprint density at radius 3 is 3.10 bits per heavy atom. The van der Waals surface area contributed by atoms with Crippen molar-refractivity contribution < 1.29 is 14.6 Å². The van der Waals surface area contributed by atoms with Crippen LogP contribution in [0.2, 0.25) is 0 Å². The smallest absolute Gasteiger partial charge is 0.249 e. The molecule has 0 saturated carbocycles. The lowest BCUT2D eigenvalue weighted by Crippen LogP contribution is -2.31. The van der Waals surface area contributed by atoms with E-state index in [1.807, 2.05) is 0 Å². The second-order valence-electron chi connectivity index (χ2n) is 4.52. The normalized spacial score (nSPS) is 26.0. The fourth-order valence-electron chi connectivity index (χ4n) is 2.29. The molecule has 1 fully saturated rings. The van der Waals surface area contributed by atoms with Gasteiger partial charge in [-0.3, -0.25) is 9.36 Å². The third-order valence-corrected chi connectivity index (χ3v) is 3.29. The Kier molecular flexibility index (Phi) is 2.99. The second-order valence-corrected chi connectivity index (χ2v) is 4.52. The minimum Gasteiger partial charge on any atom is -0.388 e. The van der Waals surface area contributed by atoms with Crippen molar-refractivity contribution in [3.63, 3.8) is 0 Å². The van der Waals surface area contributed by atoms with E-state index in [4.69, 9.17) is 10.5 Å². The maximum absolute atomic E-state index is 11.6. The highest BCUT2D eigenvalue weighted by atomic mass is 16.5. The van der Waals surface area contributed by atoms with Crippen molar-refractivity contribution in [1.82, 2.24) is 24.8 Å². The lowest BCUT2D eigenvalue weighted by Gasteiger charge is -2.16. The van der Waals surface area contributed by atoms with Gasteiger partial charge in [-0.25, -0.2) is 15.0 Å². The van der Waals surface area contributed by atoms with Crippen LogP contribution >= 0.6 is 0 Å². The van der Waals surface area contributed by atoms with E-state index in [0.717, 1.165) is 0 Å². The first kappa shape index (κ1) is 12.8. The number of hydrogen-bond donors (Lipinski definition) is 3. The minimum absolute atomic E-state index is 0.213. The summed E-state index contributed by atoms with van der Waals surface area (Å²) in [6.45, 7) is 0. The summed E-state index contributed by atoms with van der Waals surface area (Å²) >= 11 is 0. The molecule has 0 bridgehead atoms. The van der Waals surface area contributed by atoms with Crippen molar-refractivity contribution >= 4 is 22.9 Å². The predicted molar refractivity (Wildman–Crippen MR) is 68.3 cm³/mol. The Morgan fingerprint density at radius 2 is 2.35 bits per heavy atom. The molecule has 0 unspecified atom stereocenters. The number of aliphatic hydroxyl groups is 1. The summed E-state index contributed by atoms with van der Waals surface area (Å²) in [4.78, 5) is 23.6. The van der Waals surface area contributed by atoms with Crippen LogP contribution in [0.4, 0.5) is 5.82 Å². The Labute approximate surface area is 113 Å². The van der Waals surface area contributed by atoms with E-state index in [9.17, 15) is 9.90 Å². The van der Waals surface area contributed by atoms with Crippen molar-refractivity contribution in [1.29, 1.82) is 0 Å². The molecule has 1 amide bonds. The number of rotatable bonds is 2. The Balaban J connectivity index is 1.96. The number of imidazole rings is 1. The zero-order valence-corrected chi connectivity index (χ0v) is 10.7. The Morgan fingerprint density at radius 1 is 1.55 bits per heavy atom. The largest absolute Gasteiger partial charge is 0.388 e. The van der Waals surface area contributed by atoms with Crippen LogP contribution in [0.1, 0.15) is 12.6 Å². The van der Waals surface area contributed by atoms with Crippen LogP contribution in [0.5, 0.6) is 0 Å². The number of hydrogen-bond acceptors (Lipinski definition) is 7. The zero-order valence-electron chi connectivity index (χ0n) is 10.7. The van der Waals surface area contributed by atoms with Crippen LogP contribution in [-0.4, -0.2) is 49.8 Å². The molecule has 1 aliphatic heterocycles. The lowest BCUT2D eigenvalue weighted by molar-refractivity contribution is -0.134. The molecular formula is C11H14N6O3. The number of aliphatic hydroxyl groups excluding tert-OH is 1. The first-order valence-corrected chi connectivity index (χ1v) is 6.10. The van der Waals surface area contributed by atoms with Crippen molar-refractivity contribution in [3.8, 4) is 0 Å². The van der Waals surface area contributed by atoms with Gasteiger partial charge in [0.2, 0.25) is 5.91 Å². The summed E-state index contributed by atoms with van der Waals surface area (Å²) in [5.74, 6) is -0.0193. The number of aromatic nitrogens is 4. The van der Waals surface area contributed by atoms with Gasteiger partial charge in [-0.1, -0.05) is 0 Å². The number of nitrogens with zero attached hydrogens (tertiary/aromatic N) is 4. The highest BCUT2D eigenvalue weighted by molar-refractivity contribution is 5.82. The van der Waals surface area contributed by atoms with Crippen molar-refractivity contribution in [2.45, 2.75) is 24.9 Å². The molecule has 0 aromatic carbocycles. The number of nitrogens with two attached hydrogens (primary N) is 1. The highest BCUT2D eigenvalue weighted by Crippen LogP contribution is 2.31. The molecule has 3 atom stereocenters. The topological polar surface area (TPSA) is 128 Å². The lowest BCUT2D eigenvalue weighted by atomic mass is 10.2.